The fraction of sp³-hybridized carbons (Fsp3) is 0.195. The van der Waals surface area contributed by atoms with Gasteiger partial charge < -0.3 is 99.5 Å². The first-order valence-electron chi connectivity index (χ1n) is 18.9. The average molecular weight is 953 g/mol. The number of phenols is 12. The molecule has 8 rings (SSSR count). The number of hydrogen-bond donors (Lipinski definition) is 13. The van der Waals surface area contributed by atoms with E-state index < -0.39 is 205 Å². The van der Waals surface area contributed by atoms with Crippen molar-refractivity contribution >= 4 is 41.8 Å². The molecule has 4 aliphatic rings. The number of rotatable bonds is 3. The Balaban J connectivity index is 1.40. The summed E-state index contributed by atoms with van der Waals surface area (Å²) in [6, 6.07) is 2.26. The van der Waals surface area contributed by atoms with Crippen LogP contribution in [0.2, 0.25) is 0 Å². The molecule has 0 aliphatic carbocycles. The third-order valence-corrected chi connectivity index (χ3v) is 10.9. The van der Waals surface area contributed by atoms with Crippen molar-refractivity contribution in [1.82, 2.24) is 0 Å². The molecule has 0 spiro atoms. The SMILES string of the molecule is O=C1C=C2C(=O)O[C@@H]3[C@@H]4OC(=O)c5cc(O)c(O)c(O)c5-c5c(cc(O)c(O)c5O)C(=O)OC[C@H]3O[C@@H](OC(=O)c3cc(O)c(O)c(O)c3)[C@@H]4OC(=O)c3cc(O)c(O)c(O)c3[C@H]2[C@@H](C(=O)O)O1. The highest BCUT2D eigenvalue weighted by atomic mass is 16.7. The molecule has 4 heterocycles. The van der Waals surface area contributed by atoms with Crippen molar-refractivity contribution in [2.45, 2.75) is 42.7 Å². The van der Waals surface area contributed by atoms with Gasteiger partial charge in [-0.2, -0.15) is 0 Å². The second-order valence-corrected chi connectivity index (χ2v) is 14.9. The molecular formula is C41H28O27. The molecule has 1 saturated heterocycles. The van der Waals surface area contributed by atoms with Crippen LogP contribution in [0, 0.1) is 0 Å². The third-order valence-electron chi connectivity index (χ3n) is 10.9. The average Bonchev–Trinajstić information content (AvgIpc) is 3.29. The summed E-state index contributed by atoms with van der Waals surface area (Å²) in [5, 5.41) is 137. The van der Waals surface area contributed by atoms with E-state index in [2.05, 4.69) is 0 Å². The number of benzene rings is 4. The Morgan fingerprint density at radius 2 is 1.01 bits per heavy atom. The number of phenolic OH excluding ortho intramolecular Hbond substituents is 12. The van der Waals surface area contributed by atoms with Crippen LogP contribution in [0.4, 0.5) is 0 Å². The van der Waals surface area contributed by atoms with E-state index >= 15 is 0 Å². The van der Waals surface area contributed by atoms with Crippen molar-refractivity contribution in [2.75, 3.05) is 6.61 Å². The van der Waals surface area contributed by atoms with Gasteiger partial charge in [-0.25, -0.2) is 33.6 Å². The quantitative estimate of drug-likeness (QED) is 0.0744. The van der Waals surface area contributed by atoms with Crippen molar-refractivity contribution in [2.24, 2.45) is 0 Å². The number of ether oxygens (including phenoxy) is 7. The third kappa shape index (κ3) is 7.19. The maximum atomic E-state index is 14.6. The lowest BCUT2D eigenvalue weighted by Gasteiger charge is -2.44. The van der Waals surface area contributed by atoms with Gasteiger partial charge in [-0.05, 0) is 30.3 Å². The monoisotopic (exact) mass is 952 g/mol. The van der Waals surface area contributed by atoms with Crippen LogP contribution < -0.4 is 0 Å². The molecule has 13 N–H and O–H groups in total. The summed E-state index contributed by atoms with van der Waals surface area (Å²) in [4.78, 5) is 96.8. The van der Waals surface area contributed by atoms with E-state index in [0.717, 1.165) is 0 Å². The molecular weight excluding hydrogens is 924 g/mol. The lowest BCUT2D eigenvalue weighted by Crippen LogP contribution is -2.63. The van der Waals surface area contributed by atoms with Gasteiger partial charge in [-0.3, -0.25) is 0 Å². The summed E-state index contributed by atoms with van der Waals surface area (Å²) >= 11 is 0. The Labute approximate surface area is 373 Å². The van der Waals surface area contributed by atoms with E-state index in [1.165, 1.54) is 0 Å². The predicted molar refractivity (Wildman–Crippen MR) is 206 cm³/mol. The number of carbonyl (C=O) groups excluding carboxylic acids is 6. The Morgan fingerprint density at radius 1 is 0.529 bits per heavy atom. The van der Waals surface area contributed by atoms with Crippen LogP contribution in [0.1, 0.15) is 52.9 Å². The maximum Gasteiger partial charge on any atom is 0.346 e. The highest BCUT2D eigenvalue weighted by Crippen LogP contribution is 2.54. The van der Waals surface area contributed by atoms with Crippen LogP contribution in [0.5, 0.6) is 69.0 Å². The molecule has 0 unspecified atom stereocenters. The van der Waals surface area contributed by atoms with Crippen molar-refractivity contribution in [3.05, 3.63) is 69.8 Å². The largest absolute Gasteiger partial charge is 0.504 e. The fourth-order valence-electron chi connectivity index (χ4n) is 7.76. The molecule has 27 nitrogen and oxygen atoms in total. The lowest BCUT2D eigenvalue weighted by molar-refractivity contribution is -0.286. The number of aromatic hydroxyl groups is 12. The van der Waals surface area contributed by atoms with Gasteiger partial charge in [0, 0.05) is 22.8 Å². The highest BCUT2D eigenvalue weighted by molar-refractivity contribution is 6.09. The van der Waals surface area contributed by atoms with Gasteiger partial charge in [0.25, 0.3) is 0 Å². The number of aliphatic carboxylic acids is 1. The molecule has 1 fully saturated rings. The zero-order valence-corrected chi connectivity index (χ0v) is 33.2. The van der Waals surface area contributed by atoms with Crippen LogP contribution >= 0.6 is 0 Å². The molecule has 4 aromatic rings. The Bertz CT molecular complexity index is 2960. The highest BCUT2D eigenvalue weighted by Gasteiger charge is 2.57. The fourth-order valence-corrected chi connectivity index (χ4v) is 7.76. The van der Waals surface area contributed by atoms with Gasteiger partial charge >= 0.3 is 41.8 Å². The number of esters is 6. The van der Waals surface area contributed by atoms with E-state index in [9.17, 15) is 99.9 Å². The molecule has 0 radical (unpaired) electrons. The van der Waals surface area contributed by atoms with Crippen LogP contribution in [0.15, 0.2) is 42.0 Å². The molecule has 4 aromatic carbocycles. The van der Waals surface area contributed by atoms with Gasteiger partial charge in [0.2, 0.25) is 35.7 Å². The molecule has 68 heavy (non-hydrogen) atoms. The standard InChI is InChI=1S/C41H28O27/c42-13-1-8(2-14(43)24(13)48)36(57)68-41-34-33-31(65-40(61)12-6-19(47)64-32(35(55)56)23(12)22-11(39(60)67-34)5-17(46)27(51)30(22)54)18(63-41)7-62-37(58)9-3-15(44)25(49)28(52)20(9)21-10(38(59)66-33)4-16(45)26(50)29(21)53/h1-6,18,23,31-34,41-46,48-54H,7H2,(H,55,56)/t18-,23+,31+,32+,33+,34-,41+/m1/s1. The number of carbonyl (C=O) groups is 7. The molecule has 27 heteroatoms. The van der Waals surface area contributed by atoms with Gasteiger partial charge in [0.15, 0.2) is 64.0 Å². The van der Waals surface area contributed by atoms with Crippen LogP contribution in [-0.4, -0.2) is 152 Å². The summed E-state index contributed by atoms with van der Waals surface area (Å²) in [5.41, 5.74) is -8.58. The van der Waals surface area contributed by atoms with Crippen molar-refractivity contribution in [3.63, 3.8) is 0 Å². The first-order chi connectivity index (χ1) is 32.0. The molecule has 0 saturated carbocycles. The summed E-state index contributed by atoms with van der Waals surface area (Å²) in [6.07, 6.45) is -14.7. The molecule has 4 aliphatic heterocycles. The Hall–Kier alpha value is -9.53. The van der Waals surface area contributed by atoms with E-state index in [1.807, 2.05) is 0 Å². The van der Waals surface area contributed by atoms with Gasteiger partial charge in [0.05, 0.1) is 33.7 Å². The summed E-state index contributed by atoms with van der Waals surface area (Å²) in [7, 11) is 0. The van der Waals surface area contributed by atoms with Gasteiger partial charge in [-0.15, -0.1) is 0 Å². The van der Waals surface area contributed by atoms with E-state index in [1.54, 1.807) is 0 Å². The van der Waals surface area contributed by atoms with E-state index in [4.69, 9.17) is 33.2 Å². The predicted octanol–water partition coefficient (Wildman–Crippen LogP) is 0.269. The van der Waals surface area contributed by atoms with Crippen molar-refractivity contribution in [3.8, 4) is 80.1 Å². The van der Waals surface area contributed by atoms with Crippen molar-refractivity contribution < 1.29 is 133 Å². The zero-order chi connectivity index (χ0) is 49.5. The molecule has 354 valence electrons. The zero-order valence-electron chi connectivity index (χ0n) is 33.2. The number of fused-ring (bicyclic) bond motifs is 6. The van der Waals surface area contributed by atoms with Crippen molar-refractivity contribution in [1.29, 1.82) is 0 Å². The van der Waals surface area contributed by atoms with Gasteiger partial charge in [0.1, 0.15) is 12.7 Å². The smallest absolute Gasteiger partial charge is 0.346 e. The summed E-state index contributed by atoms with van der Waals surface area (Å²) < 4.78 is 38.6. The minimum absolute atomic E-state index is 0.324. The summed E-state index contributed by atoms with van der Waals surface area (Å²) in [6.45, 7) is -1.31. The number of carboxylic acid groups (broad SMARTS) is 1. The normalized spacial score (nSPS) is 23.3. The van der Waals surface area contributed by atoms with E-state index in [-0.39, 0.29) is 0 Å². The first kappa shape index (κ1) is 45.1. The number of cyclic esters (lactones) is 2. The topological polar surface area (TPSA) is 447 Å². The minimum atomic E-state index is -2.61. The Kier molecular flexibility index (Phi) is 10.7. The molecule has 4 bridgehead atoms. The summed E-state index contributed by atoms with van der Waals surface area (Å²) in [5.74, 6) is -30.7. The number of hydrogen-bond acceptors (Lipinski definition) is 26. The van der Waals surface area contributed by atoms with E-state index in [0.29, 0.717) is 36.4 Å². The molecule has 0 amide bonds. The van der Waals surface area contributed by atoms with Gasteiger partial charge in [-0.1, -0.05) is 0 Å². The first-order valence-corrected chi connectivity index (χ1v) is 18.9. The number of carboxylic acids is 1. The van der Waals surface area contributed by atoms with Crippen LogP contribution in [0.3, 0.4) is 0 Å². The molecule has 7 atom stereocenters. The van der Waals surface area contributed by atoms with Crippen LogP contribution in [0.25, 0.3) is 11.1 Å². The second-order valence-electron chi connectivity index (χ2n) is 14.9. The lowest BCUT2D eigenvalue weighted by atomic mass is 9.81. The molecule has 0 aromatic heterocycles. The van der Waals surface area contributed by atoms with Crippen LogP contribution in [-0.2, 0) is 47.5 Å². The second kappa shape index (κ2) is 16.2. The Morgan fingerprint density at radius 3 is 1.59 bits per heavy atom. The maximum absolute atomic E-state index is 14.6. The minimum Gasteiger partial charge on any atom is -0.504 e.